The van der Waals surface area contributed by atoms with Gasteiger partial charge in [-0.2, -0.15) is 0 Å². The van der Waals surface area contributed by atoms with E-state index in [4.69, 9.17) is 11.6 Å². The monoisotopic (exact) mass is 376 g/mol. The topological polar surface area (TPSA) is 65.5 Å². The quantitative estimate of drug-likeness (QED) is 0.894. The van der Waals surface area contributed by atoms with Gasteiger partial charge in [0.25, 0.3) is 5.91 Å². The van der Waals surface area contributed by atoms with Crippen LogP contribution in [0.1, 0.15) is 17.3 Å². The van der Waals surface area contributed by atoms with Crippen LogP contribution in [0.3, 0.4) is 0 Å². The van der Waals surface area contributed by atoms with Crippen LogP contribution in [-0.4, -0.2) is 52.8 Å². The molecule has 0 saturated carbocycles. The van der Waals surface area contributed by atoms with Gasteiger partial charge in [0.15, 0.2) is 0 Å². The third-order valence-corrected chi connectivity index (χ3v) is 4.50. The average Bonchev–Trinajstić information content (AvgIpc) is 2.65. The zero-order valence-electron chi connectivity index (χ0n) is 14.2. The van der Waals surface area contributed by atoms with Gasteiger partial charge < -0.3 is 15.1 Å². The van der Waals surface area contributed by atoms with Gasteiger partial charge in [0.05, 0.1) is 10.6 Å². The molecule has 0 radical (unpaired) electrons. The minimum Gasteiger partial charge on any atom is -0.340 e. The molecule has 1 aliphatic rings. The van der Waals surface area contributed by atoms with Crippen LogP contribution in [0.25, 0.3) is 0 Å². The molecule has 1 N–H and O–H groups in total. The van der Waals surface area contributed by atoms with Gasteiger partial charge in [-0.05, 0) is 30.3 Å². The number of pyridine rings is 1. The molecular weight excluding hydrogens is 359 g/mol. The van der Waals surface area contributed by atoms with E-state index in [0.717, 1.165) is 0 Å². The molecule has 3 rings (SSSR count). The van der Waals surface area contributed by atoms with Crippen molar-refractivity contribution < 1.29 is 14.0 Å². The standard InChI is InChI=1S/C18H18ClFN4O2/c1-12(25)23-6-8-24(9-7-23)18(26)13-2-5-17(21-11-13)22-14-3-4-16(20)15(19)10-14/h2-5,10-11H,6-9H2,1H3,(H,21,22). The molecule has 2 heterocycles. The number of halogens is 2. The summed E-state index contributed by atoms with van der Waals surface area (Å²) in [5, 5.41) is 3.02. The lowest BCUT2D eigenvalue weighted by Gasteiger charge is -2.34. The first kappa shape index (κ1) is 18.1. The van der Waals surface area contributed by atoms with Crippen LogP contribution in [0.4, 0.5) is 15.9 Å². The van der Waals surface area contributed by atoms with E-state index in [-0.39, 0.29) is 16.8 Å². The van der Waals surface area contributed by atoms with E-state index in [1.54, 1.807) is 28.0 Å². The predicted octanol–water partition coefficient (Wildman–Crippen LogP) is 2.92. The van der Waals surface area contributed by atoms with Crippen molar-refractivity contribution in [2.75, 3.05) is 31.5 Å². The van der Waals surface area contributed by atoms with Crippen molar-refractivity contribution in [3.8, 4) is 0 Å². The number of anilines is 2. The highest BCUT2D eigenvalue weighted by molar-refractivity contribution is 6.31. The average molecular weight is 377 g/mol. The highest BCUT2D eigenvalue weighted by Gasteiger charge is 2.23. The lowest BCUT2D eigenvalue weighted by molar-refractivity contribution is -0.130. The molecule has 1 aromatic heterocycles. The second-order valence-corrected chi connectivity index (χ2v) is 6.39. The summed E-state index contributed by atoms with van der Waals surface area (Å²) < 4.78 is 13.2. The third kappa shape index (κ3) is 4.11. The van der Waals surface area contributed by atoms with Crippen molar-refractivity contribution >= 4 is 34.9 Å². The Kier molecular flexibility index (Phi) is 5.37. The smallest absolute Gasteiger partial charge is 0.255 e. The fourth-order valence-electron chi connectivity index (χ4n) is 2.72. The summed E-state index contributed by atoms with van der Waals surface area (Å²) in [5.74, 6) is -0.0613. The van der Waals surface area contributed by atoms with Crippen molar-refractivity contribution in [2.45, 2.75) is 6.92 Å². The van der Waals surface area contributed by atoms with Crippen molar-refractivity contribution in [1.82, 2.24) is 14.8 Å². The first-order valence-electron chi connectivity index (χ1n) is 8.17. The van der Waals surface area contributed by atoms with Crippen LogP contribution >= 0.6 is 11.6 Å². The van der Waals surface area contributed by atoms with Gasteiger partial charge in [-0.15, -0.1) is 0 Å². The number of rotatable bonds is 3. The first-order valence-corrected chi connectivity index (χ1v) is 8.55. The van der Waals surface area contributed by atoms with Crippen LogP contribution in [0, 0.1) is 5.82 Å². The van der Waals surface area contributed by atoms with Gasteiger partial charge in [-0.25, -0.2) is 9.37 Å². The summed E-state index contributed by atoms with van der Waals surface area (Å²) in [6.07, 6.45) is 1.49. The van der Waals surface area contributed by atoms with Gasteiger partial charge in [0.1, 0.15) is 11.6 Å². The molecule has 1 aliphatic heterocycles. The molecule has 6 nitrogen and oxygen atoms in total. The van der Waals surface area contributed by atoms with Gasteiger partial charge in [-0.3, -0.25) is 9.59 Å². The SMILES string of the molecule is CC(=O)N1CCN(C(=O)c2ccc(Nc3ccc(F)c(Cl)c3)nc2)CC1. The van der Waals surface area contributed by atoms with E-state index < -0.39 is 5.82 Å². The van der Waals surface area contributed by atoms with Crippen molar-refractivity contribution in [3.63, 3.8) is 0 Å². The minimum absolute atomic E-state index is 0.0199. The van der Waals surface area contributed by atoms with E-state index in [0.29, 0.717) is 43.2 Å². The van der Waals surface area contributed by atoms with Gasteiger partial charge >= 0.3 is 0 Å². The van der Waals surface area contributed by atoms with Crippen molar-refractivity contribution in [3.05, 3.63) is 52.9 Å². The van der Waals surface area contributed by atoms with Gasteiger partial charge in [-0.1, -0.05) is 11.6 Å². The predicted molar refractivity (Wildman–Crippen MR) is 97.1 cm³/mol. The van der Waals surface area contributed by atoms with Crippen LogP contribution in [-0.2, 0) is 4.79 Å². The summed E-state index contributed by atoms with van der Waals surface area (Å²) in [6, 6.07) is 7.64. The Hall–Kier alpha value is -2.67. The van der Waals surface area contributed by atoms with Crippen LogP contribution < -0.4 is 5.32 Å². The summed E-state index contributed by atoms with van der Waals surface area (Å²) in [4.78, 5) is 31.5. The maximum Gasteiger partial charge on any atom is 0.255 e. The number of aromatic nitrogens is 1. The summed E-state index contributed by atoms with van der Waals surface area (Å²) in [7, 11) is 0. The Balaban J connectivity index is 1.63. The zero-order valence-corrected chi connectivity index (χ0v) is 15.0. The number of hydrogen-bond donors (Lipinski definition) is 1. The lowest BCUT2D eigenvalue weighted by atomic mass is 10.2. The molecule has 8 heteroatoms. The van der Waals surface area contributed by atoms with E-state index in [1.807, 2.05) is 0 Å². The Morgan fingerprint density at radius 1 is 1.12 bits per heavy atom. The number of hydrogen-bond acceptors (Lipinski definition) is 4. The van der Waals surface area contributed by atoms with Gasteiger partial charge in [0.2, 0.25) is 5.91 Å². The molecule has 1 aromatic carbocycles. The van der Waals surface area contributed by atoms with E-state index in [2.05, 4.69) is 10.3 Å². The zero-order chi connectivity index (χ0) is 18.7. The fraction of sp³-hybridized carbons (Fsp3) is 0.278. The highest BCUT2D eigenvalue weighted by atomic mass is 35.5. The molecule has 0 spiro atoms. The lowest BCUT2D eigenvalue weighted by Crippen LogP contribution is -2.50. The van der Waals surface area contributed by atoms with Crippen molar-refractivity contribution in [2.24, 2.45) is 0 Å². The number of piperazine rings is 1. The number of amides is 2. The van der Waals surface area contributed by atoms with Gasteiger partial charge in [0, 0.05) is 45.0 Å². The minimum atomic E-state index is -0.490. The molecule has 0 unspecified atom stereocenters. The second kappa shape index (κ2) is 7.70. The Morgan fingerprint density at radius 3 is 2.38 bits per heavy atom. The molecular formula is C18H18ClFN4O2. The molecule has 0 bridgehead atoms. The van der Waals surface area contributed by atoms with Crippen LogP contribution in [0.15, 0.2) is 36.5 Å². The first-order chi connectivity index (χ1) is 12.4. The second-order valence-electron chi connectivity index (χ2n) is 5.98. The maximum absolute atomic E-state index is 13.2. The summed E-state index contributed by atoms with van der Waals surface area (Å²) in [5.41, 5.74) is 1.08. The van der Waals surface area contributed by atoms with Crippen LogP contribution in [0.2, 0.25) is 5.02 Å². The Bertz CT molecular complexity index is 820. The molecule has 1 fully saturated rings. The Labute approximate surface area is 155 Å². The third-order valence-electron chi connectivity index (χ3n) is 4.21. The normalized spacial score (nSPS) is 14.3. The van der Waals surface area contributed by atoms with Crippen LogP contribution in [0.5, 0.6) is 0 Å². The molecule has 2 amide bonds. The number of benzene rings is 1. The van der Waals surface area contributed by atoms with E-state index in [1.165, 1.54) is 25.3 Å². The largest absolute Gasteiger partial charge is 0.340 e. The number of nitrogens with one attached hydrogen (secondary N) is 1. The molecule has 1 saturated heterocycles. The van der Waals surface area contributed by atoms with E-state index in [9.17, 15) is 14.0 Å². The molecule has 0 aliphatic carbocycles. The summed E-state index contributed by atoms with van der Waals surface area (Å²) >= 11 is 5.75. The number of carbonyl (C=O) groups excluding carboxylic acids is 2. The maximum atomic E-state index is 13.2. The number of carbonyl (C=O) groups is 2. The molecule has 0 atom stereocenters. The number of nitrogens with zero attached hydrogens (tertiary/aromatic N) is 3. The Morgan fingerprint density at radius 2 is 1.81 bits per heavy atom. The fourth-order valence-corrected chi connectivity index (χ4v) is 2.90. The highest BCUT2D eigenvalue weighted by Crippen LogP contribution is 2.22. The molecule has 136 valence electrons. The molecule has 26 heavy (non-hydrogen) atoms. The van der Waals surface area contributed by atoms with Crippen molar-refractivity contribution in [1.29, 1.82) is 0 Å². The van der Waals surface area contributed by atoms with E-state index >= 15 is 0 Å². The molecule has 2 aromatic rings. The summed E-state index contributed by atoms with van der Waals surface area (Å²) in [6.45, 7) is 3.62.